The van der Waals surface area contributed by atoms with E-state index in [4.69, 9.17) is 0 Å². The first-order valence-electron chi connectivity index (χ1n) is 9.00. The Morgan fingerprint density at radius 1 is 1.16 bits per heavy atom. The summed E-state index contributed by atoms with van der Waals surface area (Å²) in [7, 11) is 3.72. The fraction of sp³-hybridized carbons (Fsp3) is 0.200. The fourth-order valence-corrected chi connectivity index (χ4v) is 2.62. The van der Waals surface area contributed by atoms with Crippen molar-refractivity contribution in [1.82, 2.24) is 19.9 Å². The third-order valence-corrected chi connectivity index (χ3v) is 4.05. The quantitative estimate of drug-likeness (QED) is 0.451. The first-order valence-corrected chi connectivity index (χ1v) is 9.00. The molecule has 1 aromatic carbocycles. The lowest BCUT2D eigenvalue weighted by Gasteiger charge is -2.12. The van der Waals surface area contributed by atoms with Crippen LogP contribution in [0.2, 0.25) is 0 Å². The highest BCUT2D eigenvalue weighted by atomic mass is 19.4. The Hall–Kier alpha value is -3.60. The Balaban J connectivity index is 1.88. The van der Waals surface area contributed by atoms with Crippen LogP contribution in [0.1, 0.15) is 5.56 Å². The molecule has 0 spiro atoms. The maximum absolute atomic E-state index is 13.5. The molecule has 31 heavy (non-hydrogen) atoms. The molecule has 3 rings (SSSR count). The van der Waals surface area contributed by atoms with Gasteiger partial charge in [-0.3, -0.25) is 4.79 Å². The third-order valence-electron chi connectivity index (χ3n) is 4.05. The first kappa shape index (κ1) is 22.1. The molecule has 0 saturated heterocycles. The molecule has 0 aliphatic rings. The second kappa shape index (κ2) is 9.04. The van der Waals surface area contributed by atoms with Gasteiger partial charge in [0.05, 0.1) is 17.3 Å². The summed E-state index contributed by atoms with van der Waals surface area (Å²) in [5.41, 5.74) is -1.01. The van der Waals surface area contributed by atoms with Crippen LogP contribution in [-0.4, -0.2) is 46.4 Å². The van der Waals surface area contributed by atoms with E-state index < -0.39 is 23.5 Å². The monoisotopic (exact) mass is 434 g/mol. The van der Waals surface area contributed by atoms with Crippen LogP contribution in [0.25, 0.3) is 10.9 Å². The van der Waals surface area contributed by atoms with Crippen molar-refractivity contribution in [2.45, 2.75) is 6.18 Å². The molecule has 2 aromatic heterocycles. The van der Waals surface area contributed by atoms with Crippen molar-refractivity contribution in [3.05, 3.63) is 60.3 Å². The summed E-state index contributed by atoms with van der Waals surface area (Å²) < 4.78 is 52.5. The van der Waals surface area contributed by atoms with Crippen LogP contribution in [0.5, 0.6) is 0 Å². The SMILES string of the molecule is CN(C)CC=CC(=O)Nc1cc2c(Nc3ccc(F)c(C(F)(F)F)c3)ncnc2cn1. The summed E-state index contributed by atoms with van der Waals surface area (Å²) in [6.07, 6.45) is 0.815. The zero-order chi connectivity index (χ0) is 22.6. The summed E-state index contributed by atoms with van der Waals surface area (Å²) in [6.45, 7) is 0.581. The Labute approximate surface area is 174 Å². The zero-order valence-corrected chi connectivity index (χ0v) is 16.5. The number of amides is 1. The molecule has 1 amide bonds. The number of hydrogen-bond acceptors (Lipinski definition) is 6. The van der Waals surface area contributed by atoms with Crippen molar-refractivity contribution in [2.24, 2.45) is 0 Å². The third kappa shape index (κ3) is 5.72. The number of fused-ring (bicyclic) bond motifs is 1. The number of alkyl halides is 3. The van der Waals surface area contributed by atoms with Crippen LogP contribution in [0.4, 0.5) is 34.9 Å². The molecule has 0 radical (unpaired) electrons. The van der Waals surface area contributed by atoms with Crippen molar-refractivity contribution in [3.63, 3.8) is 0 Å². The van der Waals surface area contributed by atoms with E-state index in [2.05, 4.69) is 25.6 Å². The number of carbonyl (C=O) groups excluding carboxylic acids is 1. The molecule has 0 saturated carbocycles. The molecular weight excluding hydrogens is 416 g/mol. The number of carbonyl (C=O) groups is 1. The standard InChI is InChI=1S/C20H18F4N6O/c1-30(2)7-3-4-18(31)29-17-9-13-16(10-25-17)26-11-27-19(13)28-12-5-6-15(21)14(8-12)20(22,23)24/h3-6,8-11H,7H2,1-2H3,(H,25,29,31)(H,26,27,28). The summed E-state index contributed by atoms with van der Waals surface area (Å²) >= 11 is 0. The van der Waals surface area contributed by atoms with Crippen LogP contribution in [-0.2, 0) is 11.0 Å². The lowest BCUT2D eigenvalue weighted by Crippen LogP contribution is -2.13. The van der Waals surface area contributed by atoms with E-state index in [9.17, 15) is 22.4 Å². The Bertz CT molecular complexity index is 1130. The van der Waals surface area contributed by atoms with Crippen LogP contribution in [0.15, 0.2) is 48.9 Å². The Morgan fingerprint density at radius 3 is 2.65 bits per heavy atom. The molecule has 3 aromatic rings. The van der Waals surface area contributed by atoms with E-state index in [0.29, 0.717) is 23.5 Å². The van der Waals surface area contributed by atoms with E-state index in [0.717, 1.165) is 12.1 Å². The van der Waals surface area contributed by atoms with Crippen molar-refractivity contribution in [3.8, 4) is 0 Å². The Kier molecular flexibility index (Phi) is 6.44. The summed E-state index contributed by atoms with van der Waals surface area (Å²) in [4.78, 5) is 26.1. The average molecular weight is 434 g/mol. The molecule has 7 nitrogen and oxygen atoms in total. The molecule has 11 heteroatoms. The molecule has 2 heterocycles. The highest BCUT2D eigenvalue weighted by molar-refractivity contribution is 6.00. The maximum Gasteiger partial charge on any atom is 0.419 e. The molecule has 0 aliphatic heterocycles. The van der Waals surface area contributed by atoms with Crippen molar-refractivity contribution in [1.29, 1.82) is 0 Å². The molecule has 0 aliphatic carbocycles. The van der Waals surface area contributed by atoms with Gasteiger partial charge in [0.25, 0.3) is 0 Å². The topological polar surface area (TPSA) is 83.0 Å². The maximum atomic E-state index is 13.5. The van der Waals surface area contributed by atoms with E-state index in [-0.39, 0.29) is 17.3 Å². The van der Waals surface area contributed by atoms with Gasteiger partial charge < -0.3 is 15.5 Å². The first-order chi connectivity index (χ1) is 14.6. The van der Waals surface area contributed by atoms with Gasteiger partial charge in [0.15, 0.2) is 0 Å². The molecule has 0 unspecified atom stereocenters. The fourth-order valence-electron chi connectivity index (χ4n) is 2.62. The van der Waals surface area contributed by atoms with E-state index in [1.165, 1.54) is 24.7 Å². The second-order valence-electron chi connectivity index (χ2n) is 6.78. The minimum Gasteiger partial charge on any atom is -0.340 e. The molecule has 162 valence electrons. The Morgan fingerprint density at radius 2 is 1.94 bits per heavy atom. The summed E-state index contributed by atoms with van der Waals surface area (Å²) in [5.74, 6) is -1.39. The van der Waals surface area contributed by atoms with Gasteiger partial charge in [-0.2, -0.15) is 13.2 Å². The van der Waals surface area contributed by atoms with E-state index >= 15 is 0 Å². The number of likely N-dealkylation sites (N-methyl/N-ethyl adjacent to an activating group) is 1. The van der Waals surface area contributed by atoms with Gasteiger partial charge in [-0.15, -0.1) is 0 Å². The number of nitrogens with one attached hydrogen (secondary N) is 2. The normalized spacial score (nSPS) is 12.0. The smallest absolute Gasteiger partial charge is 0.340 e. The number of halogens is 4. The minimum absolute atomic E-state index is 0.0114. The van der Waals surface area contributed by atoms with Gasteiger partial charge in [-0.1, -0.05) is 6.08 Å². The van der Waals surface area contributed by atoms with Gasteiger partial charge in [0.1, 0.15) is 23.8 Å². The van der Waals surface area contributed by atoms with Crippen LogP contribution < -0.4 is 10.6 Å². The number of pyridine rings is 1. The molecule has 0 bridgehead atoms. The molecule has 2 N–H and O–H groups in total. The molecular formula is C20H18F4N6O. The number of aromatic nitrogens is 3. The average Bonchev–Trinajstić information content (AvgIpc) is 2.68. The number of benzene rings is 1. The van der Waals surface area contributed by atoms with Gasteiger partial charge in [0.2, 0.25) is 5.91 Å². The van der Waals surface area contributed by atoms with E-state index in [1.807, 2.05) is 19.0 Å². The summed E-state index contributed by atoms with van der Waals surface area (Å²) in [6, 6.07) is 4.03. The highest BCUT2D eigenvalue weighted by Crippen LogP contribution is 2.34. The number of rotatable bonds is 6. The second-order valence-corrected chi connectivity index (χ2v) is 6.78. The number of nitrogens with zero attached hydrogens (tertiary/aromatic N) is 4. The largest absolute Gasteiger partial charge is 0.419 e. The van der Waals surface area contributed by atoms with Gasteiger partial charge in [-0.05, 0) is 38.4 Å². The van der Waals surface area contributed by atoms with Gasteiger partial charge in [0, 0.05) is 23.7 Å². The highest BCUT2D eigenvalue weighted by Gasteiger charge is 2.34. The van der Waals surface area contributed by atoms with Crippen molar-refractivity contribution >= 4 is 34.1 Å². The van der Waals surface area contributed by atoms with E-state index in [1.54, 1.807) is 6.08 Å². The van der Waals surface area contributed by atoms with Crippen molar-refractivity contribution in [2.75, 3.05) is 31.3 Å². The number of hydrogen-bond donors (Lipinski definition) is 2. The van der Waals surface area contributed by atoms with Crippen LogP contribution in [0.3, 0.4) is 0 Å². The summed E-state index contributed by atoms with van der Waals surface area (Å²) in [5, 5.41) is 5.74. The predicted molar refractivity (Wildman–Crippen MR) is 108 cm³/mol. The van der Waals surface area contributed by atoms with Crippen LogP contribution >= 0.6 is 0 Å². The van der Waals surface area contributed by atoms with Gasteiger partial charge >= 0.3 is 6.18 Å². The number of anilines is 3. The van der Waals surface area contributed by atoms with Gasteiger partial charge in [-0.25, -0.2) is 19.3 Å². The zero-order valence-electron chi connectivity index (χ0n) is 16.5. The predicted octanol–water partition coefficient (Wildman–Crippen LogP) is 3.98. The molecule has 0 atom stereocenters. The van der Waals surface area contributed by atoms with Crippen molar-refractivity contribution < 1.29 is 22.4 Å². The lowest BCUT2D eigenvalue weighted by molar-refractivity contribution is -0.139. The minimum atomic E-state index is -4.84. The lowest BCUT2D eigenvalue weighted by atomic mass is 10.1. The van der Waals surface area contributed by atoms with Crippen LogP contribution in [0, 0.1) is 5.82 Å². The molecule has 0 fully saturated rings.